The number of carboxylic acids is 1. The quantitative estimate of drug-likeness (QED) is 0.363. The van der Waals surface area contributed by atoms with Crippen LogP contribution in [-0.4, -0.2) is 67.4 Å². The van der Waals surface area contributed by atoms with Crippen LogP contribution in [0.25, 0.3) is 22.1 Å². The first-order chi connectivity index (χ1) is 16.0. The second-order valence-electron chi connectivity index (χ2n) is 6.87. The molecular formula is C23H25NO9. The largest absolute Gasteiger partial charge is 0.486 e. The SMILES string of the molecule is O=C(O)COc1ccc2c(=O)c(-c3ccc4c(c3)OCCO4)coc2c1.OCCNCCO. The van der Waals surface area contributed by atoms with Gasteiger partial charge >= 0.3 is 5.97 Å². The van der Waals surface area contributed by atoms with Gasteiger partial charge in [0.25, 0.3) is 0 Å². The number of rotatable bonds is 8. The molecule has 0 bridgehead atoms. The number of aliphatic carboxylic acids is 1. The maximum absolute atomic E-state index is 12.8. The van der Waals surface area contributed by atoms with Crippen molar-refractivity contribution in [2.75, 3.05) is 46.1 Å². The monoisotopic (exact) mass is 459 g/mol. The molecule has 2 aromatic carbocycles. The normalized spacial score (nSPS) is 12.1. The van der Waals surface area contributed by atoms with E-state index in [0.29, 0.717) is 65.6 Å². The molecule has 3 aromatic rings. The van der Waals surface area contributed by atoms with E-state index in [9.17, 15) is 9.59 Å². The minimum absolute atomic E-state index is 0.139. The van der Waals surface area contributed by atoms with E-state index in [1.165, 1.54) is 18.4 Å². The lowest BCUT2D eigenvalue weighted by Crippen LogP contribution is -2.21. The van der Waals surface area contributed by atoms with Crippen LogP contribution in [0.4, 0.5) is 0 Å². The highest BCUT2D eigenvalue weighted by atomic mass is 16.6. The van der Waals surface area contributed by atoms with E-state index in [4.69, 9.17) is 33.9 Å². The Morgan fingerprint density at radius 2 is 1.73 bits per heavy atom. The Bertz CT molecular complexity index is 1140. The first-order valence-corrected chi connectivity index (χ1v) is 10.3. The van der Waals surface area contributed by atoms with Gasteiger partial charge in [0.2, 0.25) is 0 Å². The summed E-state index contributed by atoms with van der Waals surface area (Å²) in [6.07, 6.45) is 1.37. The Morgan fingerprint density at radius 1 is 1.00 bits per heavy atom. The third-order valence-electron chi connectivity index (χ3n) is 4.54. The van der Waals surface area contributed by atoms with Gasteiger partial charge in [-0.3, -0.25) is 4.79 Å². The summed E-state index contributed by atoms with van der Waals surface area (Å²) < 4.78 is 21.7. The topological polar surface area (TPSA) is 148 Å². The van der Waals surface area contributed by atoms with Crippen molar-refractivity contribution in [2.45, 2.75) is 0 Å². The number of ether oxygens (including phenoxy) is 3. The molecule has 10 nitrogen and oxygen atoms in total. The molecule has 4 N–H and O–H groups in total. The summed E-state index contributed by atoms with van der Waals surface area (Å²) in [5.41, 5.74) is 1.18. The van der Waals surface area contributed by atoms with Crippen molar-refractivity contribution < 1.29 is 38.7 Å². The molecule has 0 saturated carbocycles. The molecule has 0 fully saturated rings. The van der Waals surface area contributed by atoms with Crippen LogP contribution in [0.3, 0.4) is 0 Å². The molecule has 2 heterocycles. The molecule has 4 rings (SSSR count). The molecule has 33 heavy (non-hydrogen) atoms. The van der Waals surface area contributed by atoms with Crippen molar-refractivity contribution in [1.29, 1.82) is 0 Å². The summed E-state index contributed by atoms with van der Waals surface area (Å²) in [4.78, 5) is 23.4. The lowest BCUT2D eigenvalue weighted by atomic mass is 10.0. The number of carboxylic acid groups (broad SMARTS) is 1. The number of hydrogen-bond acceptors (Lipinski definition) is 9. The molecule has 0 spiro atoms. The minimum atomic E-state index is -1.08. The number of aliphatic hydroxyl groups excluding tert-OH is 2. The lowest BCUT2D eigenvalue weighted by molar-refractivity contribution is -0.139. The highest BCUT2D eigenvalue weighted by molar-refractivity contribution is 5.83. The minimum Gasteiger partial charge on any atom is -0.486 e. The maximum atomic E-state index is 12.8. The van der Waals surface area contributed by atoms with Crippen molar-refractivity contribution in [1.82, 2.24) is 5.32 Å². The number of carbonyl (C=O) groups is 1. The Morgan fingerprint density at radius 3 is 2.42 bits per heavy atom. The number of benzene rings is 2. The van der Waals surface area contributed by atoms with Crippen molar-refractivity contribution in [3.8, 4) is 28.4 Å². The first kappa shape index (κ1) is 24.1. The molecule has 0 amide bonds. The summed E-state index contributed by atoms with van der Waals surface area (Å²) in [6.45, 7) is 1.91. The standard InChI is InChI=1S/C19H14O7.C4H11NO2/c20-18(21)10-25-12-2-3-13-16(8-12)26-9-14(19(13)22)11-1-4-15-17(7-11)24-6-5-23-15;6-3-1-5-2-4-7/h1-4,7-9H,5-6,10H2,(H,20,21);5-7H,1-4H2. The summed E-state index contributed by atoms with van der Waals surface area (Å²) in [6, 6.07) is 9.87. The zero-order valence-corrected chi connectivity index (χ0v) is 17.8. The van der Waals surface area contributed by atoms with Gasteiger partial charge in [-0.05, 0) is 29.8 Å². The van der Waals surface area contributed by atoms with Crippen molar-refractivity contribution in [3.05, 3.63) is 52.9 Å². The average molecular weight is 459 g/mol. The molecule has 0 saturated heterocycles. The van der Waals surface area contributed by atoms with Crippen LogP contribution in [0.2, 0.25) is 0 Å². The number of fused-ring (bicyclic) bond motifs is 2. The summed E-state index contributed by atoms with van der Waals surface area (Å²) in [5, 5.41) is 28.1. The lowest BCUT2D eigenvalue weighted by Gasteiger charge is -2.18. The van der Waals surface area contributed by atoms with Crippen molar-refractivity contribution >= 4 is 16.9 Å². The summed E-state index contributed by atoms with van der Waals surface area (Å²) >= 11 is 0. The van der Waals surface area contributed by atoms with E-state index < -0.39 is 12.6 Å². The van der Waals surface area contributed by atoms with Crippen molar-refractivity contribution in [3.63, 3.8) is 0 Å². The zero-order chi connectivity index (χ0) is 23.6. The van der Waals surface area contributed by atoms with Crippen LogP contribution in [-0.2, 0) is 4.79 Å². The Balaban J connectivity index is 0.000000383. The molecule has 0 unspecified atom stereocenters. The molecule has 1 aromatic heterocycles. The molecule has 0 aliphatic carbocycles. The molecule has 0 atom stereocenters. The summed E-state index contributed by atoms with van der Waals surface area (Å²) in [5.74, 6) is 0.465. The second-order valence-corrected chi connectivity index (χ2v) is 6.87. The fourth-order valence-corrected chi connectivity index (χ4v) is 3.04. The number of nitrogens with one attached hydrogen (secondary N) is 1. The highest BCUT2D eigenvalue weighted by Gasteiger charge is 2.15. The predicted octanol–water partition coefficient (Wildman–Crippen LogP) is 1.26. The van der Waals surface area contributed by atoms with Gasteiger partial charge < -0.3 is 39.3 Å². The molecule has 1 aliphatic rings. The number of hydrogen-bond donors (Lipinski definition) is 4. The van der Waals surface area contributed by atoms with Crippen LogP contribution in [0.15, 0.2) is 51.9 Å². The Labute approximate surface area is 188 Å². The van der Waals surface area contributed by atoms with Crippen LogP contribution >= 0.6 is 0 Å². The Hall–Kier alpha value is -3.60. The van der Waals surface area contributed by atoms with E-state index in [-0.39, 0.29) is 18.6 Å². The third kappa shape index (κ3) is 6.45. The van der Waals surface area contributed by atoms with Gasteiger partial charge in [0.1, 0.15) is 30.8 Å². The van der Waals surface area contributed by atoms with E-state index in [1.54, 1.807) is 24.3 Å². The van der Waals surface area contributed by atoms with E-state index in [2.05, 4.69) is 5.32 Å². The number of aliphatic hydroxyl groups is 2. The first-order valence-electron chi connectivity index (χ1n) is 10.3. The fraction of sp³-hybridized carbons (Fsp3) is 0.304. The highest BCUT2D eigenvalue weighted by Crippen LogP contribution is 2.34. The van der Waals surface area contributed by atoms with Crippen LogP contribution in [0.1, 0.15) is 0 Å². The Kier molecular flexibility index (Phi) is 8.64. The zero-order valence-electron chi connectivity index (χ0n) is 17.8. The molecule has 0 radical (unpaired) electrons. The third-order valence-corrected chi connectivity index (χ3v) is 4.54. The molecular weight excluding hydrogens is 434 g/mol. The molecule has 10 heteroatoms. The van der Waals surface area contributed by atoms with Crippen LogP contribution < -0.4 is 25.0 Å². The van der Waals surface area contributed by atoms with Gasteiger partial charge in [0.15, 0.2) is 23.5 Å². The predicted molar refractivity (Wildman–Crippen MR) is 119 cm³/mol. The van der Waals surface area contributed by atoms with Crippen LogP contribution in [0.5, 0.6) is 17.2 Å². The van der Waals surface area contributed by atoms with E-state index in [1.807, 2.05) is 0 Å². The van der Waals surface area contributed by atoms with Crippen LogP contribution in [0, 0.1) is 0 Å². The van der Waals surface area contributed by atoms with Gasteiger partial charge in [-0.25, -0.2) is 4.79 Å². The van der Waals surface area contributed by atoms with Gasteiger partial charge in [-0.2, -0.15) is 0 Å². The van der Waals surface area contributed by atoms with Gasteiger partial charge in [0, 0.05) is 19.2 Å². The average Bonchev–Trinajstić information content (AvgIpc) is 2.83. The van der Waals surface area contributed by atoms with Gasteiger partial charge in [0.05, 0.1) is 24.2 Å². The maximum Gasteiger partial charge on any atom is 0.341 e. The van der Waals surface area contributed by atoms with E-state index >= 15 is 0 Å². The second kappa shape index (κ2) is 11.9. The summed E-state index contributed by atoms with van der Waals surface area (Å²) in [7, 11) is 0. The smallest absolute Gasteiger partial charge is 0.341 e. The van der Waals surface area contributed by atoms with Gasteiger partial charge in [-0.1, -0.05) is 6.07 Å². The molecule has 176 valence electrons. The van der Waals surface area contributed by atoms with E-state index in [0.717, 1.165) is 0 Å². The van der Waals surface area contributed by atoms with Crippen molar-refractivity contribution in [2.24, 2.45) is 0 Å². The molecule has 1 aliphatic heterocycles. The fourth-order valence-electron chi connectivity index (χ4n) is 3.04. The van der Waals surface area contributed by atoms with Gasteiger partial charge in [-0.15, -0.1) is 0 Å².